The van der Waals surface area contributed by atoms with Crippen LogP contribution < -0.4 is 15.2 Å². The van der Waals surface area contributed by atoms with Gasteiger partial charge in [-0.3, -0.25) is 4.72 Å². The molecule has 0 aliphatic heterocycles. The summed E-state index contributed by atoms with van der Waals surface area (Å²) in [5.74, 6) is 1.24. The highest BCUT2D eigenvalue weighted by Gasteiger charge is 2.17. The fourth-order valence-electron chi connectivity index (χ4n) is 2.96. The van der Waals surface area contributed by atoms with Crippen LogP contribution in [-0.4, -0.2) is 15.0 Å². The van der Waals surface area contributed by atoms with E-state index in [4.69, 9.17) is 5.14 Å². The van der Waals surface area contributed by atoms with Crippen molar-refractivity contribution in [2.75, 3.05) is 16.6 Å². The molecule has 0 radical (unpaired) electrons. The van der Waals surface area contributed by atoms with Gasteiger partial charge in [0, 0.05) is 12.2 Å². The summed E-state index contributed by atoms with van der Waals surface area (Å²) < 4.78 is 24.3. The predicted octanol–water partition coefficient (Wildman–Crippen LogP) is 2.71. The lowest BCUT2D eigenvalue weighted by atomic mass is 9.84. The van der Waals surface area contributed by atoms with E-state index in [2.05, 4.69) is 30.0 Å². The molecule has 2 rings (SSSR count). The first-order chi connectivity index (χ1) is 9.82. The molecule has 2 atom stereocenters. The van der Waals surface area contributed by atoms with Crippen LogP contribution in [0, 0.1) is 11.8 Å². The number of allylic oxidation sites excluding steroid dienone is 2. The lowest BCUT2D eigenvalue weighted by molar-refractivity contribution is 0.421. The molecule has 1 aliphatic carbocycles. The highest BCUT2D eigenvalue weighted by molar-refractivity contribution is 7.90. The molecule has 0 fully saturated rings. The normalized spacial score (nSPS) is 22.5. The second-order valence-corrected chi connectivity index (χ2v) is 7.20. The first kappa shape index (κ1) is 15.9. The molecular weight excluding hydrogens is 286 g/mol. The predicted molar refractivity (Wildman–Crippen MR) is 87.3 cm³/mol. The van der Waals surface area contributed by atoms with Crippen LogP contribution in [-0.2, 0) is 10.2 Å². The topological polar surface area (TPSA) is 84.2 Å². The second kappa shape index (κ2) is 6.49. The Labute approximate surface area is 126 Å². The molecule has 4 N–H and O–H groups in total. The summed E-state index contributed by atoms with van der Waals surface area (Å²) >= 11 is 0. The lowest BCUT2D eigenvalue weighted by Gasteiger charge is -2.26. The molecule has 6 heteroatoms. The molecule has 0 spiro atoms. The molecule has 0 saturated heterocycles. The van der Waals surface area contributed by atoms with Crippen molar-refractivity contribution in [3.8, 4) is 0 Å². The van der Waals surface area contributed by atoms with Gasteiger partial charge in [-0.2, -0.15) is 8.42 Å². The maximum absolute atomic E-state index is 11.0. The smallest absolute Gasteiger partial charge is 0.296 e. The SMILES string of the molecule is CC1=CC(C)CC(CNc2cccc(NS(N)(=O)=O)c2)C1. The molecule has 21 heavy (non-hydrogen) atoms. The number of hydrogen-bond acceptors (Lipinski definition) is 3. The third-order valence-corrected chi connectivity index (χ3v) is 4.12. The van der Waals surface area contributed by atoms with Crippen LogP contribution in [0.25, 0.3) is 0 Å². The van der Waals surface area contributed by atoms with Crippen molar-refractivity contribution in [3.63, 3.8) is 0 Å². The molecule has 116 valence electrons. The Morgan fingerprint density at radius 2 is 2.05 bits per heavy atom. The fraction of sp³-hybridized carbons (Fsp3) is 0.467. The number of nitrogens with two attached hydrogens (primary N) is 1. The average Bonchev–Trinajstić information content (AvgIpc) is 2.33. The summed E-state index contributed by atoms with van der Waals surface area (Å²) in [5.41, 5.74) is 2.81. The van der Waals surface area contributed by atoms with Gasteiger partial charge in [-0.25, -0.2) is 5.14 Å². The zero-order valence-electron chi connectivity index (χ0n) is 12.5. The van der Waals surface area contributed by atoms with Crippen LogP contribution in [0.15, 0.2) is 35.9 Å². The van der Waals surface area contributed by atoms with E-state index in [0.717, 1.165) is 18.7 Å². The Bertz CT molecular complexity index is 626. The Balaban J connectivity index is 1.95. The van der Waals surface area contributed by atoms with Crippen molar-refractivity contribution in [2.45, 2.75) is 26.7 Å². The highest BCUT2D eigenvalue weighted by Crippen LogP contribution is 2.28. The molecule has 5 nitrogen and oxygen atoms in total. The van der Waals surface area contributed by atoms with Crippen LogP contribution in [0.4, 0.5) is 11.4 Å². The average molecular weight is 309 g/mol. The van der Waals surface area contributed by atoms with Crippen molar-refractivity contribution in [2.24, 2.45) is 17.0 Å². The maximum Gasteiger partial charge on any atom is 0.296 e. The van der Waals surface area contributed by atoms with E-state index >= 15 is 0 Å². The Hall–Kier alpha value is -1.53. The molecule has 0 aromatic heterocycles. The quantitative estimate of drug-likeness (QED) is 0.731. The first-order valence-electron chi connectivity index (χ1n) is 7.13. The van der Waals surface area contributed by atoms with Gasteiger partial charge in [0.2, 0.25) is 0 Å². The number of benzene rings is 1. The lowest BCUT2D eigenvalue weighted by Crippen LogP contribution is -2.22. The van der Waals surface area contributed by atoms with Gasteiger partial charge < -0.3 is 5.32 Å². The Morgan fingerprint density at radius 3 is 2.71 bits per heavy atom. The molecule has 0 saturated carbocycles. The van der Waals surface area contributed by atoms with Gasteiger partial charge in [0.1, 0.15) is 0 Å². The zero-order valence-corrected chi connectivity index (χ0v) is 13.3. The van der Waals surface area contributed by atoms with Gasteiger partial charge in [0.25, 0.3) is 10.2 Å². The molecule has 1 aromatic rings. The van der Waals surface area contributed by atoms with Gasteiger partial charge in [0.15, 0.2) is 0 Å². The molecule has 0 amide bonds. The fourth-order valence-corrected chi connectivity index (χ4v) is 3.42. The largest absolute Gasteiger partial charge is 0.385 e. The van der Waals surface area contributed by atoms with Crippen LogP contribution in [0.2, 0.25) is 0 Å². The minimum absolute atomic E-state index is 0.468. The minimum atomic E-state index is -3.73. The van der Waals surface area contributed by atoms with Gasteiger partial charge in [-0.15, -0.1) is 0 Å². The summed E-state index contributed by atoms with van der Waals surface area (Å²) in [7, 11) is -3.73. The van der Waals surface area contributed by atoms with Gasteiger partial charge in [-0.1, -0.05) is 24.6 Å². The Morgan fingerprint density at radius 1 is 1.33 bits per heavy atom. The van der Waals surface area contributed by atoms with Crippen LogP contribution >= 0.6 is 0 Å². The summed E-state index contributed by atoms with van der Waals surface area (Å²) in [6, 6.07) is 7.14. The molecule has 0 heterocycles. The van der Waals surface area contributed by atoms with Crippen molar-refractivity contribution in [1.82, 2.24) is 0 Å². The highest BCUT2D eigenvalue weighted by atomic mass is 32.2. The third kappa shape index (κ3) is 5.40. The summed E-state index contributed by atoms with van der Waals surface area (Å²) in [6.45, 7) is 5.31. The van der Waals surface area contributed by atoms with E-state index < -0.39 is 10.2 Å². The molecule has 1 aromatic carbocycles. The number of rotatable bonds is 5. The molecule has 0 bridgehead atoms. The standard InChI is InChI=1S/C15H23N3O2S/c1-11-6-12(2)8-13(7-11)10-17-14-4-3-5-15(9-14)18-21(16,19)20/h3-6,9,11,13,17-18H,7-8,10H2,1-2H3,(H2,16,19,20). The van der Waals surface area contributed by atoms with Crippen molar-refractivity contribution in [3.05, 3.63) is 35.9 Å². The summed E-state index contributed by atoms with van der Waals surface area (Å²) in [5, 5.41) is 8.35. The van der Waals surface area contributed by atoms with Crippen LogP contribution in [0.3, 0.4) is 0 Å². The molecular formula is C15H23N3O2S. The van der Waals surface area contributed by atoms with E-state index in [1.807, 2.05) is 6.07 Å². The van der Waals surface area contributed by atoms with Gasteiger partial charge in [-0.05, 0) is 49.8 Å². The maximum atomic E-state index is 11.0. The number of hydrogen-bond donors (Lipinski definition) is 3. The third-order valence-electron chi connectivity index (χ3n) is 3.60. The summed E-state index contributed by atoms with van der Waals surface area (Å²) in [6.07, 6.45) is 4.64. The van der Waals surface area contributed by atoms with Crippen molar-refractivity contribution >= 4 is 21.6 Å². The van der Waals surface area contributed by atoms with Crippen LogP contribution in [0.1, 0.15) is 26.7 Å². The molecule has 1 aliphatic rings. The number of nitrogens with one attached hydrogen (secondary N) is 2. The molecule has 2 unspecified atom stereocenters. The van der Waals surface area contributed by atoms with E-state index in [0.29, 0.717) is 17.5 Å². The summed E-state index contributed by atoms with van der Waals surface area (Å²) in [4.78, 5) is 0. The van der Waals surface area contributed by atoms with E-state index in [-0.39, 0.29) is 0 Å². The minimum Gasteiger partial charge on any atom is -0.385 e. The zero-order chi connectivity index (χ0) is 15.5. The van der Waals surface area contributed by atoms with Gasteiger partial charge in [0.05, 0.1) is 5.69 Å². The second-order valence-electron chi connectivity index (χ2n) is 5.90. The van der Waals surface area contributed by atoms with E-state index in [9.17, 15) is 8.42 Å². The monoisotopic (exact) mass is 309 g/mol. The van der Waals surface area contributed by atoms with Crippen LogP contribution in [0.5, 0.6) is 0 Å². The van der Waals surface area contributed by atoms with Crippen molar-refractivity contribution < 1.29 is 8.42 Å². The van der Waals surface area contributed by atoms with Gasteiger partial charge >= 0.3 is 0 Å². The van der Waals surface area contributed by atoms with E-state index in [1.54, 1.807) is 18.2 Å². The van der Waals surface area contributed by atoms with E-state index in [1.165, 1.54) is 12.0 Å². The Kier molecular flexibility index (Phi) is 4.90. The van der Waals surface area contributed by atoms with Crippen molar-refractivity contribution in [1.29, 1.82) is 0 Å². The number of anilines is 2. The first-order valence-corrected chi connectivity index (χ1v) is 8.68.